The summed E-state index contributed by atoms with van der Waals surface area (Å²) in [6.07, 6.45) is 4.92. The lowest BCUT2D eigenvalue weighted by molar-refractivity contribution is -0.122. The summed E-state index contributed by atoms with van der Waals surface area (Å²) in [5.41, 5.74) is 5.76. The van der Waals surface area contributed by atoms with Gasteiger partial charge in [0.25, 0.3) is 0 Å². The van der Waals surface area contributed by atoms with E-state index in [0.717, 1.165) is 25.0 Å². The molecule has 0 radical (unpaired) electrons. The lowest BCUT2D eigenvalue weighted by Crippen LogP contribution is -2.38. The molecule has 1 aliphatic rings. The Morgan fingerprint density at radius 2 is 2.24 bits per heavy atom. The van der Waals surface area contributed by atoms with E-state index in [9.17, 15) is 4.79 Å². The van der Waals surface area contributed by atoms with E-state index < -0.39 is 0 Å². The molecule has 0 bridgehead atoms. The highest BCUT2D eigenvalue weighted by Crippen LogP contribution is 2.26. The van der Waals surface area contributed by atoms with Gasteiger partial charge in [-0.3, -0.25) is 4.79 Å². The molecule has 1 heterocycles. The van der Waals surface area contributed by atoms with Crippen LogP contribution in [0.5, 0.6) is 0 Å². The number of hydrogen-bond donors (Lipinski definition) is 2. The van der Waals surface area contributed by atoms with Gasteiger partial charge in [0.05, 0.1) is 0 Å². The van der Waals surface area contributed by atoms with Crippen LogP contribution in [0.25, 0.3) is 0 Å². The predicted octanol–water partition coefficient (Wildman–Crippen LogP) is 2.15. The van der Waals surface area contributed by atoms with Crippen molar-refractivity contribution in [3.8, 4) is 0 Å². The van der Waals surface area contributed by atoms with E-state index in [0.29, 0.717) is 19.0 Å². The summed E-state index contributed by atoms with van der Waals surface area (Å²) in [5.74, 6) is 2.54. The van der Waals surface area contributed by atoms with Crippen LogP contribution in [0.15, 0.2) is 0 Å². The van der Waals surface area contributed by atoms with Crippen molar-refractivity contribution in [3.05, 3.63) is 0 Å². The number of nitrogens with two attached hydrogens (primary N) is 1. The minimum absolute atomic E-state index is 0.188. The zero-order chi connectivity index (χ0) is 12.7. The van der Waals surface area contributed by atoms with E-state index in [1.54, 1.807) is 0 Å². The lowest BCUT2D eigenvalue weighted by Gasteiger charge is -2.25. The monoisotopic (exact) mass is 258 g/mol. The third kappa shape index (κ3) is 6.32. The molecule has 1 amide bonds. The summed E-state index contributed by atoms with van der Waals surface area (Å²) in [4.78, 5) is 11.8. The zero-order valence-electron chi connectivity index (χ0n) is 11.1. The summed E-state index contributed by atoms with van der Waals surface area (Å²) >= 11 is 1.95. The Morgan fingerprint density at radius 3 is 2.82 bits per heavy atom. The third-order valence-corrected chi connectivity index (χ3v) is 4.59. The van der Waals surface area contributed by atoms with Crippen LogP contribution in [-0.2, 0) is 4.79 Å². The minimum atomic E-state index is 0.188. The van der Waals surface area contributed by atoms with Gasteiger partial charge in [0.15, 0.2) is 0 Å². The molecule has 1 atom stereocenters. The minimum Gasteiger partial charge on any atom is -0.353 e. The molecule has 3 nitrogen and oxygen atoms in total. The maximum Gasteiger partial charge on any atom is 0.220 e. The molecular weight excluding hydrogens is 232 g/mol. The number of thioether (sulfide) groups is 1. The number of hydrogen-bond acceptors (Lipinski definition) is 3. The van der Waals surface area contributed by atoms with Gasteiger partial charge in [-0.15, -0.1) is 0 Å². The van der Waals surface area contributed by atoms with Gasteiger partial charge in [-0.2, -0.15) is 11.8 Å². The molecule has 0 spiro atoms. The molecule has 3 N–H and O–H groups in total. The van der Waals surface area contributed by atoms with E-state index in [4.69, 9.17) is 5.73 Å². The Morgan fingerprint density at radius 1 is 1.47 bits per heavy atom. The van der Waals surface area contributed by atoms with Crippen molar-refractivity contribution in [1.29, 1.82) is 0 Å². The summed E-state index contributed by atoms with van der Waals surface area (Å²) in [7, 11) is 0. The standard InChI is InChI=1S/C13H26N2OS/c1-13(2,7-8-14)6-5-12(16)15-11-4-3-9-17-10-11/h11H,3-10,14H2,1-2H3,(H,15,16). The Hall–Kier alpha value is -0.220. The van der Waals surface area contributed by atoms with E-state index in [1.165, 1.54) is 12.2 Å². The highest BCUT2D eigenvalue weighted by molar-refractivity contribution is 7.99. The molecule has 0 aromatic rings. The Bertz CT molecular complexity index is 238. The molecule has 1 saturated heterocycles. The summed E-state index contributed by atoms with van der Waals surface area (Å²) in [6, 6.07) is 0.402. The van der Waals surface area contributed by atoms with Crippen molar-refractivity contribution >= 4 is 17.7 Å². The zero-order valence-corrected chi connectivity index (χ0v) is 11.9. The molecule has 0 aromatic heterocycles. The van der Waals surface area contributed by atoms with Crippen molar-refractivity contribution in [1.82, 2.24) is 5.32 Å². The van der Waals surface area contributed by atoms with E-state index in [2.05, 4.69) is 19.2 Å². The molecule has 0 aromatic carbocycles. The van der Waals surface area contributed by atoms with Crippen LogP contribution >= 0.6 is 11.8 Å². The van der Waals surface area contributed by atoms with Crippen LogP contribution in [0.2, 0.25) is 0 Å². The number of carbonyl (C=O) groups is 1. The van der Waals surface area contributed by atoms with Crippen LogP contribution in [0, 0.1) is 5.41 Å². The molecular formula is C13H26N2OS. The van der Waals surface area contributed by atoms with Crippen LogP contribution in [0.3, 0.4) is 0 Å². The average Bonchev–Trinajstić information content (AvgIpc) is 2.28. The first-order valence-electron chi connectivity index (χ1n) is 6.61. The Kier molecular flexibility index (Phi) is 6.34. The molecule has 0 aliphatic carbocycles. The second-order valence-corrected chi connectivity index (χ2v) is 6.83. The molecule has 1 aliphatic heterocycles. The second-order valence-electron chi connectivity index (χ2n) is 5.68. The topological polar surface area (TPSA) is 55.1 Å². The van der Waals surface area contributed by atoms with Crippen LogP contribution in [-0.4, -0.2) is 30.0 Å². The van der Waals surface area contributed by atoms with Crippen LogP contribution < -0.4 is 11.1 Å². The summed E-state index contributed by atoms with van der Waals surface area (Å²) < 4.78 is 0. The first-order chi connectivity index (χ1) is 8.03. The smallest absolute Gasteiger partial charge is 0.220 e. The lowest BCUT2D eigenvalue weighted by atomic mass is 9.84. The van der Waals surface area contributed by atoms with Gasteiger partial charge in [-0.05, 0) is 43.4 Å². The highest BCUT2D eigenvalue weighted by atomic mass is 32.2. The Labute approximate surface area is 109 Å². The molecule has 1 fully saturated rings. The summed E-state index contributed by atoms with van der Waals surface area (Å²) in [5, 5.41) is 3.14. The van der Waals surface area contributed by atoms with Gasteiger partial charge < -0.3 is 11.1 Å². The Balaban J connectivity index is 2.20. The fraction of sp³-hybridized carbons (Fsp3) is 0.923. The third-order valence-electron chi connectivity index (χ3n) is 3.38. The van der Waals surface area contributed by atoms with E-state index >= 15 is 0 Å². The van der Waals surface area contributed by atoms with Gasteiger partial charge in [0.1, 0.15) is 0 Å². The fourth-order valence-electron chi connectivity index (χ4n) is 2.12. The van der Waals surface area contributed by atoms with Crippen molar-refractivity contribution in [2.45, 2.75) is 52.0 Å². The second kappa shape index (κ2) is 7.27. The maximum absolute atomic E-state index is 11.8. The first kappa shape index (κ1) is 14.8. The molecule has 1 rings (SSSR count). The average molecular weight is 258 g/mol. The van der Waals surface area contributed by atoms with Crippen molar-refractivity contribution < 1.29 is 4.79 Å². The van der Waals surface area contributed by atoms with E-state index in [-0.39, 0.29) is 11.3 Å². The maximum atomic E-state index is 11.8. The largest absolute Gasteiger partial charge is 0.353 e. The first-order valence-corrected chi connectivity index (χ1v) is 7.76. The number of amides is 1. The number of nitrogens with one attached hydrogen (secondary N) is 1. The van der Waals surface area contributed by atoms with Gasteiger partial charge in [0, 0.05) is 18.2 Å². The molecule has 0 saturated carbocycles. The van der Waals surface area contributed by atoms with Crippen LogP contribution in [0.4, 0.5) is 0 Å². The van der Waals surface area contributed by atoms with Gasteiger partial charge in [-0.1, -0.05) is 13.8 Å². The van der Waals surface area contributed by atoms with Crippen molar-refractivity contribution in [2.75, 3.05) is 18.1 Å². The van der Waals surface area contributed by atoms with E-state index in [1.807, 2.05) is 11.8 Å². The number of rotatable bonds is 6. The van der Waals surface area contributed by atoms with Gasteiger partial charge in [0.2, 0.25) is 5.91 Å². The van der Waals surface area contributed by atoms with Crippen LogP contribution in [0.1, 0.15) is 46.0 Å². The molecule has 100 valence electrons. The predicted molar refractivity (Wildman–Crippen MR) is 75.2 cm³/mol. The molecule has 4 heteroatoms. The highest BCUT2D eigenvalue weighted by Gasteiger charge is 2.20. The van der Waals surface area contributed by atoms with Crippen molar-refractivity contribution in [3.63, 3.8) is 0 Å². The fourth-order valence-corrected chi connectivity index (χ4v) is 3.19. The molecule has 1 unspecified atom stereocenters. The normalized spacial score (nSPS) is 21.2. The van der Waals surface area contributed by atoms with Gasteiger partial charge >= 0.3 is 0 Å². The summed E-state index contributed by atoms with van der Waals surface area (Å²) in [6.45, 7) is 5.07. The van der Waals surface area contributed by atoms with Gasteiger partial charge in [-0.25, -0.2) is 0 Å². The number of carbonyl (C=O) groups excluding carboxylic acids is 1. The quantitative estimate of drug-likeness (QED) is 0.767. The SMILES string of the molecule is CC(C)(CCN)CCC(=O)NC1CCCSC1. The molecule has 17 heavy (non-hydrogen) atoms. The van der Waals surface area contributed by atoms with Crippen molar-refractivity contribution in [2.24, 2.45) is 11.1 Å².